The molecule has 1 heterocycles. The van der Waals surface area contributed by atoms with E-state index in [2.05, 4.69) is 58.0 Å². The second-order valence-corrected chi connectivity index (χ2v) is 6.55. The summed E-state index contributed by atoms with van der Waals surface area (Å²) >= 11 is 0. The maximum absolute atomic E-state index is 4.70. The first-order valence-corrected chi connectivity index (χ1v) is 7.43. The largest absolute Gasteiger partial charge is 0.304 e. The number of benzene rings is 2. The molecule has 1 aliphatic rings. The van der Waals surface area contributed by atoms with Crippen LogP contribution in [0.2, 0.25) is 0 Å². The SMILES string of the molecule is Cc1cc[c-]c2c1C(C)(C)c1ccc(C)c3ccnc-2c13.[Ir]. The van der Waals surface area contributed by atoms with Gasteiger partial charge in [-0.2, -0.15) is 0 Å². The number of rotatable bonds is 0. The maximum atomic E-state index is 4.70. The molecule has 1 nitrogen and oxygen atoms in total. The molecule has 1 radical (unpaired) electrons. The van der Waals surface area contributed by atoms with Crippen molar-refractivity contribution in [3.05, 3.63) is 64.8 Å². The van der Waals surface area contributed by atoms with E-state index >= 15 is 0 Å². The van der Waals surface area contributed by atoms with Crippen molar-refractivity contribution >= 4 is 10.8 Å². The third kappa shape index (κ3) is 1.84. The van der Waals surface area contributed by atoms with E-state index in [0.29, 0.717) is 0 Å². The summed E-state index contributed by atoms with van der Waals surface area (Å²) in [5.74, 6) is 0. The zero-order valence-electron chi connectivity index (χ0n) is 13.2. The van der Waals surface area contributed by atoms with Crippen LogP contribution in [-0.2, 0) is 25.5 Å². The Morgan fingerprint density at radius 2 is 1.77 bits per heavy atom. The fourth-order valence-corrected chi connectivity index (χ4v) is 3.88. The molecule has 3 aromatic rings. The van der Waals surface area contributed by atoms with Crippen molar-refractivity contribution in [2.45, 2.75) is 33.1 Å². The molecule has 0 fully saturated rings. The van der Waals surface area contributed by atoms with Crippen LogP contribution in [0.3, 0.4) is 0 Å². The number of hydrogen-bond donors (Lipinski definition) is 0. The summed E-state index contributed by atoms with van der Waals surface area (Å²) in [4.78, 5) is 4.70. The number of aryl methyl sites for hydroxylation is 2. The molecular formula is C20H18IrN-. The van der Waals surface area contributed by atoms with Gasteiger partial charge in [-0.25, -0.2) is 0 Å². The molecule has 4 rings (SSSR count). The molecule has 113 valence electrons. The van der Waals surface area contributed by atoms with Gasteiger partial charge in [-0.15, -0.1) is 34.9 Å². The molecule has 22 heavy (non-hydrogen) atoms. The minimum atomic E-state index is -0.0147. The standard InChI is InChI=1S/C20H18N.Ir/c1-12-8-9-16-17-14(12)10-11-21-19(17)15-7-5-6-13(2)18(15)20(16,3)4;/h5-6,8-11H,1-4H3;/q-1;. The number of hydrogen-bond acceptors (Lipinski definition) is 1. The van der Waals surface area contributed by atoms with Crippen LogP contribution in [0.1, 0.15) is 36.1 Å². The van der Waals surface area contributed by atoms with Crippen molar-refractivity contribution < 1.29 is 20.1 Å². The molecule has 0 atom stereocenters. The minimum absolute atomic E-state index is 0. The van der Waals surface area contributed by atoms with E-state index in [9.17, 15) is 0 Å². The summed E-state index contributed by atoms with van der Waals surface area (Å²) in [6, 6.07) is 14.3. The Hall–Kier alpha value is -1.50. The van der Waals surface area contributed by atoms with E-state index < -0.39 is 0 Å². The van der Waals surface area contributed by atoms with Gasteiger partial charge in [-0.3, -0.25) is 0 Å². The molecular weight excluding hydrogens is 446 g/mol. The smallest absolute Gasteiger partial charge is 0.0167 e. The van der Waals surface area contributed by atoms with Crippen molar-refractivity contribution in [2.24, 2.45) is 0 Å². The number of pyridine rings is 1. The molecule has 0 spiro atoms. The summed E-state index contributed by atoms with van der Waals surface area (Å²) in [6.45, 7) is 8.98. The molecule has 0 saturated heterocycles. The van der Waals surface area contributed by atoms with Crippen molar-refractivity contribution in [1.29, 1.82) is 0 Å². The van der Waals surface area contributed by atoms with Gasteiger partial charge in [0.2, 0.25) is 0 Å². The number of aromatic nitrogens is 1. The Balaban J connectivity index is 0.00000144. The van der Waals surface area contributed by atoms with Gasteiger partial charge in [0.25, 0.3) is 0 Å². The van der Waals surface area contributed by atoms with Gasteiger partial charge in [0, 0.05) is 26.3 Å². The van der Waals surface area contributed by atoms with Crippen LogP contribution in [0.25, 0.3) is 22.0 Å². The molecule has 0 N–H and O–H groups in total. The summed E-state index contributed by atoms with van der Waals surface area (Å²) in [6.07, 6.45) is 1.92. The second kappa shape index (κ2) is 5.01. The van der Waals surface area contributed by atoms with E-state index in [1.807, 2.05) is 12.3 Å². The van der Waals surface area contributed by atoms with Crippen LogP contribution >= 0.6 is 0 Å². The van der Waals surface area contributed by atoms with Gasteiger partial charge in [0.05, 0.1) is 0 Å². The monoisotopic (exact) mass is 465 g/mol. The Bertz CT molecular complexity index is 894. The first-order valence-electron chi connectivity index (χ1n) is 7.43. The molecule has 0 unspecified atom stereocenters. The normalized spacial score (nSPS) is 14.4. The molecule has 0 amide bonds. The van der Waals surface area contributed by atoms with Crippen LogP contribution < -0.4 is 0 Å². The Morgan fingerprint density at radius 3 is 2.55 bits per heavy atom. The van der Waals surface area contributed by atoms with E-state index in [1.165, 1.54) is 38.6 Å². The molecule has 0 saturated carbocycles. The van der Waals surface area contributed by atoms with Crippen LogP contribution in [0.4, 0.5) is 0 Å². The predicted molar refractivity (Wildman–Crippen MR) is 87.6 cm³/mol. The van der Waals surface area contributed by atoms with Crippen LogP contribution in [0, 0.1) is 19.9 Å². The van der Waals surface area contributed by atoms with Crippen LogP contribution in [-0.4, -0.2) is 4.98 Å². The number of fused-ring (bicyclic) bond motifs is 2. The van der Waals surface area contributed by atoms with Crippen LogP contribution in [0.5, 0.6) is 0 Å². The van der Waals surface area contributed by atoms with E-state index in [0.717, 1.165) is 5.69 Å². The maximum Gasteiger partial charge on any atom is 0.0167 e. The van der Waals surface area contributed by atoms with Crippen molar-refractivity contribution in [2.75, 3.05) is 0 Å². The molecule has 2 heteroatoms. The zero-order valence-corrected chi connectivity index (χ0v) is 15.6. The Labute approximate surface area is 145 Å². The first-order chi connectivity index (χ1) is 10.0. The summed E-state index contributed by atoms with van der Waals surface area (Å²) in [7, 11) is 0. The Morgan fingerprint density at radius 1 is 1.00 bits per heavy atom. The van der Waals surface area contributed by atoms with Gasteiger partial charge in [-0.05, 0) is 46.0 Å². The average Bonchev–Trinajstić information content (AvgIpc) is 2.45. The third-order valence-corrected chi connectivity index (χ3v) is 4.89. The van der Waals surface area contributed by atoms with Gasteiger partial charge in [0.15, 0.2) is 0 Å². The van der Waals surface area contributed by atoms with Crippen molar-refractivity contribution in [1.82, 2.24) is 4.98 Å². The van der Waals surface area contributed by atoms with Gasteiger partial charge >= 0.3 is 0 Å². The summed E-state index contributed by atoms with van der Waals surface area (Å²) in [5, 5.41) is 2.61. The van der Waals surface area contributed by atoms with E-state index in [1.54, 1.807) is 0 Å². The molecule has 1 aliphatic carbocycles. The molecule has 1 aromatic heterocycles. The first kappa shape index (κ1) is 15.4. The summed E-state index contributed by atoms with van der Waals surface area (Å²) in [5.41, 5.74) is 7.61. The van der Waals surface area contributed by atoms with Gasteiger partial charge in [-0.1, -0.05) is 32.9 Å². The fourth-order valence-electron chi connectivity index (χ4n) is 3.88. The fraction of sp³-hybridized carbons (Fsp3) is 0.250. The van der Waals surface area contributed by atoms with Crippen molar-refractivity contribution in [3.63, 3.8) is 0 Å². The van der Waals surface area contributed by atoms with Gasteiger partial charge in [0.1, 0.15) is 0 Å². The predicted octanol–water partition coefficient (Wildman–Crippen LogP) is 4.96. The van der Waals surface area contributed by atoms with E-state index in [4.69, 9.17) is 4.98 Å². The van der Waals surface area contributed by atoms with Crippen molar-refractivity contribution in [3.8, 4) is 11.3 Å². The second-order valence-electron chi connectivity index (χ2n) is 6.55. The topological polar surface area (TPSA) is 12.9 Å². The van der Waals surface area contributed by atoms with E-state index in [-0.39, 0.29) is 25.5 Å². The molecule has 2 aromatic carbocycles. The molecule has 0 aliphatic heterocycles. The zero-order chi connectivity index (χ0) is 14.8. The van der Waals surface area contributed by atoms with Gasteiger partial charge < -0.3 is 4.98 Å². The number of nitrogens with zero attached hydrogens (tertiary/aromatic N) is 1. The quantitative estimate of drug-likeness (QED) is 0.429. The molecule has 0 bridgehead atoms. The summed E-state index contributed by atoms with van der Waals surface area (Å²) < 4.78 is 0. The average molecular weight is 465 g/mol. The Kier molecular flexibility index (Phi) is 3.51. The third-order valence-electron chi connectivity index (χ3n) is 4.89. The minimum Gasteiger partial charge on any atom is -0.304 e. The van der Waals surface area contributed by atoms with Crippen LogP contribution in [0.15, 0.2) is 36.5 Å².